The average molecular weight is 691 g/mol. The molecule has 0 unspecified atom stereocenters. The molecule has 0 radical (unpaired) electrons. The molecule has 0 fully saturated rings. The van der Waals surface area contributed by atoms with Gasteiger partial charge in [0.05, 0.1) is 0 Å². The Morgan fingerprint density at radius 2 is 0.647 bits per heavy atom. The second kappa shape index (κ2) is 22.4. The van der Waals surface area contributed by atoms with Crippen molar-refractivity contribution < 1.29 is 0 Å². The fraction of sp³-hybridized carbons (Fsp3) is 0.625. The third-order valence-electron chi connectivity index (χ3n) is 2.69. The topological polar surface area (TPSA) is 37.0 Å². The molecule has 0 amide bonds. The number of rotatable bonds is 3. The first-order valence-corrected chi connectivity index (χ1v) is 18.0. The standard InChI is InChI=1S/C10H18N4S8.C6H12N2S4/c1-13(2)9(17)21-19-7(15)11-5-6-12-8(16)20-22-10(18)14(3)4;1-7(2)5(9)11-12-6(10)8(3)4/h5-6H2,1-4H3,(H,11,15)(H,12,16);1-4H3. The molecule has 196 valence electrons. The lowest BCUT2D eigenvalue weighted by Crippen LogP contribution is -2.31. The number of thiocarbonyl (C=S) groups is 6. The highest BCUT2D eigenvalue weighted by Gasteiger charge is 2.06. The molecule has 34 heavy (non-hydrogen) atoms. The minimum absolute atomic E-state index is 0.699. The summed E-state index contributed by atoms with van der Waals surface area (Å²) in [6.45, 7) is 1.40. The highest BCUT2D eigenvalue weighted by Crippen LogP contribution is 2.27. The quantitative estimate of drug-likeness (QED) is 0.230. The van der Waals surface area contributed by atoms with Gasteiger partial charge in [-0.05, 0) is 64.8 Å². The maximum Gasteiger partial charge on any atom is 0.146 e. The van der Waals surface area contributed by atoms with Crippen LogP contribution in [0.2, 0.25) is 0 Å². The zero-order valence-corrected chi connectivity index (χ0v) is 29.9. The summed E-state index contributed by atoms with van der Waals surface area (Å²) in [6.07, 6.45) is 0. The second-order valence-electron chi connectivity index (χ2n) is 6.57. The summed E-state index contributed by atoms with van der Waals surface area (Å²) in [5.74, 6) is 0. The third kappa shape index (κ3) is 22.6. The van der Waals surface area contributed by atoms with Gasteiger partial charge in [-0.25, -0.2) is 0 Å². The molecule has 0 bridgehead atoms. The van der Waals surface area contributed by atoms with Crippen LogP contribution >= 0.6 is 138 Å². The Kier molecular flexibility index (Phi) is 24.8. The molecule has 0 rings (SSSR count). The van der Waals surface area contributed by atoms with Gasteiger partial charge < -0.3 is 30.2 Å². The predicted molar refractivity (Wildman–Crippen MR) is 192 cm³/mol. The number of nitrogens with one attached hydrogen (secondary N) is 2. The van der Waals surface area contributed by atoms with Gasteiger partial charge in [-0.1, -0.05) is 73.3 Å². The van der Waals surface area contributed by atoms with Crippen LogP contribution in [0.3, 0.4) is 0 Å². The SMILES string of the molecule is CN(C)C(=S)SSC(=S)N(C)C.CN(C)C(=S)SSC(=S)NCCNC(=S)SSC(=S)N(C)C. The molecule has 2 N–H and O–H groups in total. The van der Waals surface area contributed by atoms with E-state index in [4.69, 9.17) is 73.3 Å². The first-order valence-electron chi connectivity index (χ1n) is 9.13. The average Bonchev–Trinajstić information content (AvgIpc) is 2.76. The van der Waals surface area contributed by atoms with Crippen molar-refractivity contribution in [2.24, 2.45) is 0 Å². The molecule has 0 aliphatic carbocycles. The van der Waals surface area contributed by atoms with Gasteiger partial charge in [0, 0.05) is 69.5 Å². The molecule has 18 heteroatoms. The number of hydrogen-bond acceptors (Lipinski definition) is 12. The Morgan fingerprint density at radius 3 is 0.853 bits per heavy atom. The highest BCUT2D eigenvalue weighted by molar-refractivity contribution is 8.90. The van der Waals surface area contributed by atoms with E-state index >= 15 is 0 Å². The number of hydrogen-bond donors (Lipinski definition) is 2. The molecule has 0 aliphatic rings. The van der Waals surface area contributed by atoms with E-state index < -0.39 is 0 Å². The van der Waals surface area contributed by atoms with E-state index in [0.29, 0.717) is 21.7 Å². The molecule has 0 spiro atoms. The van der Waals surface area contributed by atoms with Crippen molar-refractivity contribution >= 4 is 164 Å². The van der Waals surface area contributed by atoms with Gasteiger partial charge in [0.15, 0.2) is 0 Å². The lowest BCUT2D eigenvalue weighted by molar-refractivity contribution is 0.647. The van der Waals surface area contributed by atoms with E-state index in [9.17, 15) is 0 Å². The summed E-state index contributed by atoms with van der Waals surface area (Å²) >= 11 is 30.9. The van der Waals surface area contributed by atoms with Crippen molar-refractivity contribution in [2.75, 3.05) is 69.5 Å². The van der Waals surface area contributed by atoms with Gasteiger partial charge in [-0.15, -0.1) is 0 Å². The number of nitrogens with zero attached hydrogens (tertiary/aromatic N) is 4. The zero-order chi connectivity index (χ0) is 26.8. The molecule has 0 atom stereocenters. The highest BCUT2D eigenvalue weighted by atomic mass is 33.1. The van der Waals surface area contributed by atoms with Crippen LogP contribution in [0.4, 0.5) is 0 Å². The summed E-state index contributed by atoms with van der Waals surface area (Å²) in [5, 5.41) is 6.28. The Morgan fingerprint density at radius 1 is 0.441 bits per heavy atom. The van der Waals surface area contributed by atoms with Crippen LogP contribution in [0.15, 0.2) is 0 Å². The van der Waals surface area contributed by atoms with Crippen molar-refractivity contribution in [3.8, 4) is 0 Å². The van der Waals surface area contributed by atoms with E-state index in [1.165, 1.54) is 64.8 Å². The second-order valence-corrected chi connectivity index (χ2v) is 16.8. The van der Waals surface area contributed by atoms with Crippen LogP contribution in [0.25, 0.3) is 0 Å². The zero-order valence-electron chi connectivity index (χ0n) is 20.1. The fourth-order valence-electron chi connectivity index (χ4n) is 0.904. The Bertz CT molecular complexity index is 640. The van der Waals surface area contributed by atoms with Crippen LogP contribution < -0.4 is 10.6 Å². The monoisotopic (exact) mass is 690 g/mol. The summed E-state index contributed by atoms with van der Waals surface area (Å²) in [5.41, 5.74) is 0. The molecule has 0 heterocycles. The first-order chi connectivity index (χ1) is 15.7. The van der Waals surface area contributed by atoms with E-state index in [1.54, 1.807) is 0 Å². The Labute approximate surface area is 260 Å². The van der Waals surface area contributed by atoms with Crippen molar-refractivity contribution in [3.05, 3.63) is 0 Å². The normalized spacial score (nSPS) is 9.65. The molecule has 0 saturated carbocycles. The molecular weight excluding hydrogens is 661 g/mol. The Hall–Kier alpha value is 1.44. The van der Waals surface area contributed by atoms with E-state index in [2.05, 4.69) is 10.6 Å². The lowest BCUT2D eigenvalue weighted by atomic mass is 10.6. The summed E-state index contributed by atoms with van der Waals surface area (Å²) < 4.78 is 4.67. The van der Waals surface area contributed by atoms with Crippen LogP contribution in [0.1, 0.15) is 0 Å². The van der Waals surface area contributed by atoms with Crippen LogP contribution in [-0.4, -0.2) is 115 Å². The van der Waals surface area contributed by atoms with Gasteiger partial charge >= 0.3 is 0 Å². The van der Waals surface area contributed by atoms with E-state index in [0.717, 1.165) is 17.3 Å². The van der Waals surface area contributed by atoms with Gasteiger partial charge in [0.1, 0.15) is 25.9 Å². The van der Waals surface area contributed by atoms with Crippen molar-refractivity contribution in [1.82, 2.24) is 30.2 Å². The van der Waals surface area contributed by atoms with Gasteiger partial charge in [0.2, 0.25) is 0 Å². The summed E-state index contributed by atoms with van der Waals surface area (Å²) in [7, 11) is 24.2. The first kappa shape index (κ1) is 37.6. The van der Waals surface area contributed by atoms with E-state index in [-0.39, 0.29) is 0 Å². The minimum Gasteiger partial charge on any atom is -0.369 e. The van der Waals surface area contributed by atoms with Crippen LogP contribution in [0, 0.1) is 0 Å². The fourth-order valence-corrected chi connectivity index (χ4v) is 7.75. The van der Waals surface area contributed by atoms with Crippen molar-refractivity contribution in [3.63, 3.8) is 0 Å². The molecule has 0 saturated heterocycles. The van der Waals surface area contributed by atoms with Gasteiger partial charge in [-0.2, -0.15) is 0 Å². The minimum atomic E-state index is 0.699. The van der Waals surface area contributed by atoms with Crippen LogP contribution in [-0.2, 0) is 0 Å². The lowest BCUT2D eigenvalue weighted by Gasteiger charge is -2.15. The molecule has 6 nitrogen and oxygen atoms in total. The Balaban J connectivity index is 0. The largest absolute Gasteiger partial charge is 0.369 e. The molecule has 0 aromatic heterocycles. The molecule has 0 aromatic carbocycles. The summed E-state index contributed by atoms with van der Waals surface area (Å²) in [6, 6.07) is 0. The molecular formula is C16H30N6S12. The van der Waals surface area contributed by atoms with Crippen molar-refractivity contribution in [1.29, 1.82) is 0 Å². The summed E-state index contributed by atoms with van der Waals surface area (Å²) in [4.78, 5) is 7.54. The molecule has 0 aromatic rings. The molecule has 0 aliphatic heterocycles. The smallest absolute Gasteiger partial charge is 0.146 e. The maximum absolute atomic E-state index is 5.21. The van der Waals surface area contributed by atoms with Crippen molar-refractivity contribution in [2.45, 2.75) is 0 Å². The van der Waals surface area contributed by atoms with E-state index in [1.807, 2.05) is 76.0 Å². The third-order valence-corrected chi connectivity index (χ3v) is 14.4. The predicted octanol–water partition coefficient (Wildman–Crippen LogP) is 5.25. The van der Waals surface area contributed by atoms with Crippen LogP contribution in [0.5, 0.6) is 0 Å². The van der Waals surface area contributed by atoms with Gasteiger partial charge in [0.25, 0.3) is 0 Å². The van der Waals surface area contributed by atoms with Gasteiger partial charge in [-0.3, -0.25) is 0 Å². The maximum atomic E-state index is 5.21.